The van der Waals surface area contributed by atoms with Crippen LogP contribution in [0.4, 0.5) is 0 Å². The second-order valence-corrected chi connectivity index (χ2v) is 7.12. The van der Waals surface area contributed by atoms with Crippen molar-refractivity contribution in [3.8, 4) is 0 Å². The smallest absolute Gasteiger partial charge is 0.186 e. The molecule has 1 nitrogen and oxygen atoms in total. The number of ketones is 1. The highest BCUT2D eigenvalue weighted by Gasteiger charge is 2.20. The van der Waals surface area contributed by atoms with E-state index in [0.29, 0.717) is 10.0 Å². The van der Waals surface area contributed by atoms with E-state index in [1.165, 1.54) is 0 Å². The number of benzene rings is 2. The Morgan fingerprint density at radius 2 is 1.13 bits per heavy atom. The number of Topliss-reactive ketones (excluding diaryl/α,β-unsaturated/α-hetero) is 1. The molecule has 0 radical (unpaired) electrons. The molecule has 3 rings (SSSR count). The van der Waals surface area contributed by atoms with Gasteiger partial charge < -0.3 is 0 Å². The summed E-state index contributed by atoms with van der Waals surface area (Å²) in [4.78, 5) is 12.7. The van der Waals surface area contributed by atoms with E-state index < -0.39 is 0 Å². The number of carbonyl (C=O) groups is 1. The minimum atomic E-state index is 0.119. The molecule has 0 saturated carbocycles. The van der Waals surface area contributed by atoms with Gasteiger partial charge in [0.2, 0.25) is 0 Å². The molecule has 4 heteroatoms. The first-order valence-corrected chi connectivity index (χ1v) is 9.07. The van der Waals surface area contributed by atoms with Crippen LogP contribution in [0, 0.1) is 0 Å². The summed E-state index contributed by atoms with van der Waals surface area (Å²) in [6.45, 7) is 0. The standard InChI is InChI=1S/C19H14Cl2OS/c20-17-5-1-13(2-6-17)9-15-11-23-12-16(19(15)22)10-14-3-7-18(21)8-4-14/h1-10H,11-12H2/b15-9-,16-10+. The van der Waals surface area contributed by atoms with Gasteiger partial charge in [0.15, 0.2) is 5.78 Å². The SMILES string of the molecule is O=C1/C(=C/c2ccc(Cl)cc2)CSC/C1=C/c1ccc(Cl)cc1. The molecule has 0 atom stereocenters. The Labute approximate surface area is 150 Å². The molecule has 1 aliphatic heterocycles. The third-order valence-corrected chi connectivity index (χ3v) is 5.05. The molecule has 1 saturated heterocycles. The Kier molecular flexibility index (Phi) is 5.27. The van der Waals surface area contributed by atoms with Gasteiger partial charge in [-0.2, -0.15) is 11.8 Å². The molecule has 0 N–H and O–H groups in total. The van der Waals surface area contributed by atoms with Crippen LogP contribution < -0.4 is 0 Å². The molecule has 0 spiro atoms. The van der Waals surface area contributed by atoms with E-state index in [-0.39, 0.29) is 5.78 Å². The number of carbonyl (C=O) groups excluding carboxylic acids is 1. The van der Waals surface area contributed by atoms with Crippen molar-refractivity contribution in [1.29, 1.82) is 0 Å². The fourth-order valence-electron chi connectivity index (χ4n) is 2.34. The normalized spacial score (nSPS) is 18.6. The zero-order valence-corrected chi connectivity index (χ0v) is 14.6. The van der Waals surface area contributed by atoms with Crippen LogP contribution in [0.25, 0.3) is 12.2 Å². The van der Waals surface area contributed by atoms with Crippen LogP contribution in [0.3, 0.4) is 0 Å². The fraction of sp³-hybridized carbons (Fsp3) is 0.105. The average Bonchev–Trinajstić information content (AvgIpc) is 2.55. The molecule has 1 aliphatic rings. The van der Waals surface area contributed by atoms with Gasteiger partial charge in [-0.3, -0.25) is 4.79 Å². The number of hydrogen-bond donors (Lipinski definition) is 0. The van der Waals surface area contributed by atoms with Crippen molar-refractivity contribution in [3.05, 3.63) is 80.8 Å². The van der Waals surface area contributed by atoms with Crippen LogP contribution in [0.15, 0.2) is 59.7 Å². The van der Waals surface area contributed by atoms with Gasteiger partial charge in [0, 0.05) is 32.7 Å². The van der Waals surface area contributed by atoms with Crippen LogP contribution in [0.2, 0.25) is 10.0 Å². The lowest BCUT2D eigenvalue weighted by molar-refractivity contribution is -0.112. The van der Waals surface area contributed by atoms with Gasteiger partial charge >= 0.3 is 0 Å². The van der Waals surface area contributed by atoms with E-state index in [1.54, 1.807) is 11.8 Å². The summed E-state index contributed by atoms with van der Waals surface area (Å²) < 4.78 is 0. The maximum absolute atomic E-state index is 12.7. The molecule has 0 aromatic heterocycles. The number of rotatable bonds is 2. The van der Waals surface area contributed by atoms with Crippen molar-refractivity contribution >= 4 is 52.9 Å². The minimum absolute atomic E-state index is 0.119. The van der Waals surface area contributed by atoms with Crippen LogP contribution in [-0.2, 0) is 4.79 Å². The highest BCUT2D eigenvalue weighted by atomic mass is 35.5. The molecule has 2 aromatic carbocycles. The lowest BCUT2D eigenvalue weighted by Crippen LogP contribution is -2.16. The lowest BCUT2D eigenvalue weighted by Gasteiger charge is -2.16. The number of halogens is 2. The van der Waals surface area contributed by atoms with Gasteiger partial charge in [-0.1, -0.05) is 47.5 Å². The Morgan fingerprint density at radius 1 is 0.739 bits per heavy atom. The maximum Gasteiger partial charge on any atom is 0.186 e. The summed E-state index contributed by atoms with van der Waals surface area (Å²) in [6.07, 6.45) is 3.89. The Bertz CT molecular complexity index is 709. The van der Waals surface area contributed by atoms with Gasteiger partial charge in [0.25, 0.3) is 0 Å². The van der Waals surface area contributed by atoms with E-state index in [2.05, 4.69) is 0 Å². The molecule has 1 heterocycles. The first-order valence-electron chi connectivity index (χ1n) is 7.16. The quantitative estimate of drug-likeness (QED) is 0.631. The summed E-state index contributed by atoms with van der Waals surface area (Å²) in [5, 5.41) is 1.39. The van der Waals surface area contributed by atoms with Crippen molar-refractivity contribution in [2.24, 2.45) is 0 Å². The van der Waals surface area contributed by atoms with Crippen LogP contribution in [0.5, 0.6) is 0 Å². The molecule has 23 heavy (non-hydrogen) atoms. The predicted octanol–water partition coefficient (Wildman–Crippen LogP) is 5.78. The Morgan fingerprint density at radius 3 is 1.52 bits per heavy atom. The van der Waals surface area contributed by atoms with Crippen molar-refractivity contribution in [3.63, 3.8) is 0 Å². The van der Waals surface area contributed by atoms with Gasteiger partial charge in [0.05, 0.1) is 0 Å². The second-order valence-electron chi connectivity index (χ2n) is 5.26. The third kappa shape index (κ3) is 4.29. The third-order valence-electron chi connectivity index (χ3n) is 3.52. The first kappa shape index (κ1) is 16.4. The molecule has 0 unspecified atom stereocenters. The van der Waals surface area contributed by atoms with E-state index in [0.717, 1.165) is 33.8 Å². The molecule has 0 amide bonds. The number of thioether (sulfide) groups is 1. The van der Waals surface area contributed by atoms with Gasteiger partial charge in [0.1, 0.15) is 0 Å². The Balaban J connectivity index is 1.86. The first-order chi connectivity index (χ1) is 11.1. The van der Waals surface area contributed by atoms with Crippen LogP contribution in [-0.4, -0.2) is 17.3 Å². The maximum atomic E-state index is 12.7. The molecule has 1 fully saturated rings. The van der Waals surface area contributed by atoms with Crippen LogP contribution >= 0.6 is 35.0 Å². The predicted molar refractivity (Wildman–Crippen MR) is 101 cm³/mol. The van der Waals surface area contributed by atoms with Crippen molar-refractivity contribution in [1.82, 2.24) is 0 Å². The highest BCUT2D eigenvalue weighted by Crippen LogP contribution is 2.27. The van der Waals surface area contributed by atoms with Gasteiger partial charge in [-0.15, -0.1) is 0 Å². The average molecular weight is 361 g/mol. The zero-order valence-electron chi connectivity index (χ0n) is 12.3. The van der Waals surface area contributed by atoms with E-state index in [4.69, 9.17) is 23.2 Å². The van der Waals surface area contributed by atoms with Gasteiger partial charge in [-0.05, 0) is 47.5 Å². The van der Waals surface area contributed by atoms with E-state index in [9.17, 15) is 4.79 Å². The summed E-state index contributed by atoms with van der Waals surface area (Å²) >= 11 is 13.5. The van der Waals surface area contributed by atoms with E-state index in [1.807, 2.05) is 60.7 Å². The molecule has 0 bridgehead atoms. The van der Waals surface area contributed by atoms with Crippen molar-refractivity contribution < 1.29 is 4.79 Å². The topological polar surface area (TPSA) is 17.1 Å². The molecule has 2 aromatic rings. The molecular formula is C19H14Cl2OS. The molecule has 0 aliphatic carbocycles. The summed E-state index contributed by atoms with van der Waals surface area (Å²) in [6, 6.07) is 15.0. The fourth-order valence-corrected chi connectivity index (χ4v) is 3.57. The molecular weight excluding hydrogens is 347 g/mol. The molecule has 116 valence electrons. The van der Waals surface area contributed by atoms with Crippen LogP contribution in [0.1, 0.15) is 11.1 Å². The zero-order chi connectivity index (χ0) is 16.2. The highest BCUT2D eigenvalue weighted by molar-refractivity contribution is 7.99. The second kappa shape index (κ2) is 7.39. The minimum Gasteiger partial charge on any atom is -0.289 e. The number of hydrogen-bond acceptors (Lipinski definition) is 2. The summed E-state index contributed by atoms with van der Waals surface area (Å²) in [5.41, 5.74) is 3.63. The summed E-state index contributed by atoms with van der Waals surface area (Å²) in [5.74, 6) is 1.59. The van der Waals surface area contributed by atoms with Gasteiger partial charge in [-0.25, -0.2) is 0 Å². The lowest BCUT2D eigenvalue weighted by atomic mass is 10.0. The van der Waals surface area contributed by atoms with Crippen molar-refractivity contribution in [2.75, 3.05) is 11.5 Å². The summed E-state index contributed by atoms with van der Waals surface area (Å²) in [7, 11) is 0. The van der Waals surface area contributed by atoms with Crippen molar-refractivity contribution in [2.45, 2.75) is 0 Å². The largest absolute Gasteiger partial charge is 0.289 e. The Hall–Kier alpha value is -1.48. The monoisotopic (exact) mass is 360 g/mol. The van der Waals surface area contributed by atoms with E-state index >= 15 is 0 Å².